The van der Waals surface area contributed by atoms with Crippen LogP contribution in [0.4, 0.5) is 0 Å². The van der Waals surface area contributed by atoms with Crippen LogP contribution in [0.1, 0.15) is 120 Å². The van der Waals surface area contributed by atoms with E-state index in [1.165, 1.54) is 12.5 Å². The van der Waals surface area contributed by atoms with E-state index in [0.717, 1.165) is 44.9 Å². The predicted molar refractivity (Wildman–Crippen MR) is 288 cm³/mol. The smallest absolute Gasteiger partial charge is 0.310 e. The molecular weight excluding hydrogens is 1120 g/mol. The normalized spacial score (nSPS) is 54.2. The number of hydrogen-bond donors (Lipinski definition) is 15. The zero-order chi connectivity index (χ0) is 62.0. The molecule has 0 radical (unpaired) electrons. The van der Waals surface area contributed by atoms with Gasteiger partial charge >= 0.3 is 5.97 Å². The van der Waals surface area contributed by atoms with Crippen molar-refractivity contribution in [2.75, 3.05) is 26.4 Å². The maximum atomic E-state index is 13.3. The van der Waals surface area contributed by atoms with Crippen LogP contribution in [0.25, 0.3) is 0 Å². The summed E-state index contributed by atoms with van der Waals surface area (Å²) in [5.74, 6) is -0.349. The van der Waals surface area contributed by atoms with Gasteiger partial charge in [-0.2, -0.15) is 0 Å². The number of aliphatic carboxylic acids is 1. The molecule has 32 atom stereocenters. The lowest BCUT2D eigenvalue weighted by Crippen LogP contribution is -2.67. The molecule has 0 amide bonds. The second-order valence-electron chi connectivity index (χ2n) is 28.6. The molecule has 10 rings (SSSR count). The fourth-order valence-electron chi connectivity index (χ4n) is 17.7. The summed E-state index contributed by atoms with van der Waals surface area (Å²) in [5.41, 5.74) is -0.487. The van der Waals surface area contributed by atoms with E-state index in [4.69, 9.17) is 47.4 Å². The van der Waals surface area contributed by atoms with Gasteiger partial charge in [-0.05, 0) is 116 Å². The number of hydrogen-bond acceptors (Lipinski definition) is 25. The van der Waals surface area contributed by atoms with Crippen molar-refractivity contribution in [3.8, 4) is 0 Å². The summed E-state index contributed by atoms with van der Waals surface area (Å²) in [6, 6.07) is 0. The van der Waals surface area contributed by atoms with Crippen molar-refractivity contribution in [3.05, 3.63) is 11.6 Å². The molecule has 0 aromatic carbocycles. The number of aliphatic hydroxyl groups excluding tert-OH is 14. The summed E-state index contributed by atoms with van der Waals surface area (Å²) in [5, 5.41) is 163. The lowest BCUT2D eigenvalue weighted by atomic mass is 9.33. The van der Waals surface area contributed by atoms with Crippen molar-refractivity contribution in [1.29, 1.82) is 0 Å². The zero-order valence-electron chi connectivity index (χ0n) is 49.8. The maximum absolute atomic E-state index is 13.3. The van der Waals surface area contributed by atoms with Gasteiger partial charge in [0.05, 0.1) is 44.1 Å². The van der Waals surface area contributed by atoms with Gasteiger partial charge in [0, 0.05) is 0 Å². The van der Waals surface area contributed by atoms with Crippen LogP contribution >= 0.6 is 0 Å². The molecular formula is C59H96O26. The topological polar surface area (TPSA) is 413 Å². The minimum Gasteiger partial charge on any atom is -0.481 e. The van der Waals surface area contributed by atoms with Crippen LogP contribution in [0.3, 0.4) is 0 Å². The van der Waals surface area contributed by atoms with E-state index in [-0.39, 0.29) is 39.4 Å². The van der Waals surface area contributed by atoms with E-state index in [2.05, 4.69) is 54.5 Å². The van der Waals surface area contributed by atoms with Gasteiger partial charge < -0.3 is 124 Å². The molecule has 4 saturated carbocycles. The van der Waals surface area contributed by atoms with Crippen molar-refractivity contribution >= 4 is 5.97 Å². The molecule has 26 heteroatoms. The number of allylic oxidation sites excluding steroid dienone is 2. The highest BCUT2D eigenvalue weighted by molar-refractivity contribution is 5.76. The van der Waals surface area contributed by atoms with Crippen LogP contribution in [-0.4, -0.2) is 263 Å². The molecule has 5 aliphatic heterocycles. The molecule has 5 saturated heterocycles. The van der Waals surface area contributed by atoms with E-state index in [1.54, 1.807) is 0 Å². The third kappa shape index (κ3) is 11.1. The maximum Gasteiger partial charge on any atom is 0.310 e. The van der Waals surface area contributed by atoms with Gasteiger partial charge in [0.15, 0.2) is 31.5 Å². The van der Waals surface area contributed by atoms with Gasteiger partial charge in [-0.1, -0.05) is 60.1 Å². The quantitative estimate of drug-likeness (QED) is 0.0662. The van der Waals surface area contributed by atoms with Crippen molar-refractivity contribution in [2.45, 2.75) is 273 Å². The number of carboxylic acid groups (broad SMARTS) is 1. The molecule has 5 aliphatic carbocycles. The Kier molecular flexibility index (Phi) is 19.0. The first-order valence-electron chi connectivity index (χ1n) is 30.6. The summed E-state index contributed by atoms with van der Waals surface area (Å²) in [6.07, 6.45) is -31.6. The third-order valence-electron chi connectivity index (χ3n) is 23.2. The Balaban J connectivity index is 0.884. The number of ether oxygens (including phenoxy) is 10. The van der Waals surface area contributed by atoms with Crippen LogP contribution in [0.5, 0.6) is 0 Å². The molecule has 9 fully saturated rings. The number of rotatable bonds is 14. The van der Waals surface area contributed by atoms with Crippen LogP contribution in [-0.2, 0) is 52.2 Å². The van der Waals surface area contributed by atoms with Gasteiger partial charge in [0.25, 0.3) is 0 Å². The molecule has 32 unspecified atom stereocenters. The Bertz CT molecular complexity index is 2360. The van der Waals surface area contributed by atoms with E-state index in [1.807, 2.05) is 0 Å². The Labute approximate surface area is 494 Å². The second kappa shape index (κ2) is 24.4. The van der Waals surface area contributed by atoms with E-state index in [9.17, 15) is 81.4 Å². The van der Waals surface area contributed by atoms with Gasteiger partial charge in [-0.3, -0.25) is 4.79 Å². The highest BCUT2D eigenvalue weighted by Gasteiger charge is 2.70. The van der Waals surface area contributed by atoms with Crippen molar-refractivity contribution in [2.24, 2.45) is 50.2 Å². The fourth-order valence-corrected chi connectivity index (χ4v) is 17.7. The summed E-state index contributed by atoms with van der Waals surface area (Å²) in [4.78, 5) is 13.3. The summed E-state index contributed by atoms with van der Waals surface area (Å²) >= 11 is 0. The van der Waals surface area contributed by atoms with Gasteiger partial charge in [0.1, 0.15) is 110 Å². The minimum absolute atomic E-state index is 0.0230. The molecule has 0 aromatic rings. The molecule has 85 heavy (non-hydrogen) atoms. The first kappa shape index (κ1) is 66.2. The van der Waals surface area contributed by atoms with Crippen molar-refractivity contribution < 1.29 is 129 Å². The van der Waals surface area contributed by atoms with Crippen LogP contribution in [0.2, 0.25) is 0 Å². The zero-order valence-corrected chi connectivity index (χ0v) is 49.8. The second-order valence-corrected chi connectivity index (χ2v) is 28.6. The predicted octanol–water partition coefficient (Wildman–Crippen LogP) is -1.98. The molecule has 0 spiro atoms. The SMILES string of the molecule is CC1OC(OC2C(OC3CCC4(C)C(CCC5(C)C4CC=C4C6CC(C)(C)CCC6(C(=O)O)CCC45C)C3(C)C)OCC(OC3OC(CO)C(O)C(O)C3O)C2O)C(O)C(OC2OC(CO)C(OC3OC(CO)C(O)C(O)C3O)C(O)C2O)C1O. The minimum atomic E-state index is -2.06. The van der Waals surface area contributed by atoms with Gasteiger partial charge in [-0.25, -0.2) is 0 Å². The summed E-state index contributed by atoms with van der Waals surface area (Å²) in [7, 11) is 0. The van der Waals surface area contributed by atoms with Crippen LogP contribution < -0.4 is 0 Å². The largest absolute Gasteiger partial charge is 0.481 e. The number of aliphatic hydroxyl groups is 14. The Morgan fingerprint density at radius 1 is 0.529 bits per heavy atom. The number of carbonyl (C=O) groups is 1. The van der Waals surface area contributed by atoms with Crippen molar-refractivity contribution in [1.82, 2.24) is 0 Å². The summed E-state index contributed by atoms with van der Waals surface area (Å²) < 4.78 is 60.6. The molecule has 5 heterocycles. The third-order valence-corrected chi connectivity index (χ3v) is 23.2. The van der Waals surface area contributed by atoms with Crippen molar-refractivity contribution in [3.63, 3.8) is 0 Å². The molecule has 0 bridgehead atoms. The highest BCUT2D eigenvalue weighted by atomic mass is 16.8. The average molecular weight is 1220 g/mol. The first-order chi connectivity index (χ1) is 39.8. The van der Waals surface area contributed by atoms with Gasteiger partial charge in [-0.15, -0.1) is 0 Å². The Morgan fingerprint density at radius 3 is 1.67 bits per heavy atom. The number of carboxylic acids is 1. The van der Waals surface area contributed by atoms with Crippen LogP contribution in [0, 0.1) is 50.2 Å². The highest BCUT2D eigenvalue weighted by Crippen LogP contribution is 2.76. The molecule has 488 valence electrons. The lowest BCUT2D eigenvalue weighted by Gasteiger charge is -2.71. The monoisotopic (exact) mass is 1220 g/mol. The average Bonchev–Trinajstić information content (AvgIpc) is 0.700. The molecule has 10 aliphatic rings. The van der Waals surface area contributed by atoms with Gasteiger partial charge in [0.2, 0.25) is 0 Å². The fraction of sp³-hybridized carbons (Fsp3) is 0.949. The molecule has 26 nitrogen and oxygen atoms in total. The van der Waals surface area contributed by atoms with Crippen LogP contribution in [0.15, 0.2) is 11.6 Å². The molecule has 0 aromatic heterocycles. The summed E-state index contributed by atoms with van der Waals surface area (Å²) in [6.45, 7) is 14.6. The Morgan fingerprint density at radius 2 is 1.07 bits per heavy atom. The van der Waals surface area contributed by atoms with E-state index < -0.39 is 197 Å². The lowest BCUT2D eigenvalue weighted by molar-refractivity contribution is -0.395. The van der Waals surface area contributed by atoms with E-state index >= 15 is 0 Å². The van der Waals surface area contributed by atoms with E-state index in [0.29, 0.717) is 19.3 Å². The standard InChI is InChI=1S/C59H96O26/c1-24-34(63)46(84-50-43(72)40(69)45(29(22-62)80-50)83-49-42(71)39(68)36(65)28(21-61)79-49)44(73)51(77-24)85-47-37(66)30(81-48-41(70)38(67)35(64)27(20-60)78-48)23-76-52(47)82-33-12-13-56(6)31(55(33,4)5)11-14-58(8)32(56)10-9-25-26-19-54(2,3)15-17-59(26,53(74)75)18-16-57(25,58)7/h9,24,26-52,60-73H,10-23H2,1-8H3,(H,74,75). The first-order valence-corrected chi connectivity index (χ1v) is 30.6. The number of fused-ring (bicyclic) bond motifs is 7. The molecule has 15 N–H and O–H groups in total. The Hall–Kier alpha value is -1.75.